The van der Waals surface area contributed by atoms with Crippen LogP contribution in [0.15, 0.2) is 18.5 Å². The van der Waals surface area contributed by atoms with Gasteiger partial charge in [-0.3, -0.25) is 4.98 Å². The topological polar surface area (TPSA) is 69.4 Å². The van der Waals surface area contributed by atoms with Crippen molar-refractivity contribution in [2.24, 2.45) is 0 Å². The molecule has 0 amide bonds. The predicted octanol–water partition coefficient (Wildman–Crippen LogP) is 0.881. The Bertz CT molecular complexity index is 351. The summed E-state index contributed by atoms with van der Waals surface area (Å²) in [6, 6.07) is 1.86. The first-order valence-corrected chi connectivity index (χ1v) is 5.32. The van der Waals surface area contributed by atoms with E-state index in [0.717, 1.165) is 18.7 Å². The van der Waals surface area contributed by atoms with Gasteiger partial charge in [-0.25, -0.2) is 0 Å². The molecule has 0 bridgehead atoms. The van der Waals surface area contributed by atoms with Gasteiger partial charge in [-0.05, 0) is 6.07 Å². The van der Waals surface area contributed by atoms with E-state index in [1.165, 1.54) is 0 Å². The molecule has 0 radical (unpaired) electrons. The molecule has 1 atom stereocenters. The first-order chi connectivity index (χ1) is 7.76. The summed E-state index contributed by atoms with van der Waals surface area (Å²) < 4.78 is 10.9. The Morgan fingerprint density at radius 1 is 1.69 bits per heavy atom. The van der Waals surface area contributed by atoms with E-state index in [4.69, 9.17) is 15.2 Å². The van der Waals surface area contributed by atoms with E-state index in [-0.39, 0.29) is 5.60 Å². The fourth-order valence-corrected chi connectivity index (χ4v) is 1.79. The molecule has 5 heteroatoms. The fourth-order valence-electron chi connectivity index (χ4n) is 1.79. The molecule has 5 nitrogen and oxygen atoms in total. The lowest BCUT2D eigenvalue weighted by atomic mass is 10.0. The minimum absolute atomic E-state index is 0.226. The highest BCUT2D eigenvalue weighted by Gasteiger charge is 2.34. The molecule has 16 heavy (non-hydrogen) atoms. The van der Waals surface area contributed by atoms with Crippen molar-refractivity contribution in [3.8, 4) is 0 Å². The Morgan fingerprint density at radius 3 is 3.19 bits per heavy atom. The first kappa shape index (κ1) is 11.2. The summed E-state index contributed by atoms with van der Waals surface area (Å²) in [6.45, 7) is 2.07. The zero-order valence-corrected chi connectivity index (χ0v) is 9.40. The molecule has 88 valence electrons. The largest absolute Gasteiger partial charge is 0.396 e. The second-order valence-corrected chi connectivity index (χ2v) is 4.01. The summed E-state index contributed by atoms with van der Waals surface area (Å²) in [6.07, 6.45) is 4.25. The molecule has 1 saturated heterocycles. The van der Waals surface area contributed by atoms with Crippen molar-refractivity contribution in [3.63, 3.8) is 0 Å². The van der Waals surface area contributed by atoms with Crippen LogP contribution in [0.25, 0.3) is 0 Å². The maximum absolute atomic E-state index is 5.79. The summed E-state index contributed by atoms with van der Waals surface area (Å²) in [4.78, 5) is 3.94. The highest BCUT2D eigenvalue weighted by atomic mass is 16.5. The molecule has 1 aliphatic heterocycles. The van der Waals surface area contributed by atoms with Gasteiger partial charge in [-0.2, -0.15) is 0 Å². The highest BCUT2D eigenvalue weighted by Crippen LogP contribution is 2.24. The predicted molar refractivity (Wildman–Crippen MR) is 62.3 cm³/mol. The first-order valence-electron chi connectivity index (χ1n) is 5.32. The third kappa shape index (κ3) is 2.25. The molecule has 0 aromatic carbocycles. The Morgan fingerprint density at radius 2 is 2.56 bits per heavy atom. The third-order valence-corrected chi connectivity index (χ3v) is 2.95. The second kappa shape index (κ2) is 4.67. The van der Waals surface area contributed by atoms with E-state index < -0.39 is 0 Å². The molecular formula is C11H17N3O2. The molecule has 0 saturated carbocycles. The van der Waals surface area contributed by atoms with Gasteiger partial charge in [0.15, 0.2) is 0 Å². The lowest BCUT2D eigenvalue weighted by Crippen LogP contribution is -2.39. The minimum Gasteiger partial charge on any atom is -0.396 e. The monoisotopic (exact) mass is 223 g/mol. The van der Waals surface area contributed by atoms with Crippen LogP contribution in [0.1, 0.15) is 6.42 Å². The number of ether oxygens (including phenoxy) is 2. The van der Waals surface area contributed by atoms with E-state index in [9.17, 15) is 0 Å². The van der Waals surface area contributed by atoms with Crippen molar-refractivity contribution in [1.82, 2.24) is 4.98 Å². The van der Waals surface area contributed by atoms with Crippen molar-refractivity contribution < 1.29 is 9.47 Å². The van der Waals surface area contributed by atoms with Gasteiger partial charge in [0.1, 0.15) is 5.60 Å². The molecule has 1 fully saturated rings. The Balaban J connectivity index is 1.98. The molecule has 1 aromatic heterocycles. The summed E-state index contributed by atoms with van der Waals surface area (Å²) in [5.41, 5.74) is 7.10. The highest BCUT2D eigenvalue weighted by molar-refractivity contribution is 5.64. The number of anilines is 2. The SMILES string of the molecule is COC1(CNc2ccncc2N)CCOC1. The minimum atomic E-state index is -0.226. The molecule has 2 heterocycles. The van der Waals surface area contributed by atoms with Crippen LogP contribution >= 0.6 is 0 Å². The molecule has 0 spiro atoms. The van der Waals surface area contributed by atoms with E-state index in [0.29, 0.717) is 18.8 Å². The number of nitrogen functional groups attached to an aromatic ring is 1. The van der Waals surface area contributed by atoms with Crippen LogP contribution in [0, 0.1) is 0 Å². The number of nitrogens with one attached hydrogen (secondary N) is 1. The Labute approximate surface area is 95.0 Å². The van der Waals surface area contributed by atoms with Gasteiger partial charge < -0.3 is 20.5 Å². The third-order valence-electron chi connectivity index (χ3n) is 2.95. The molecule has 1 aliphatic rings. The van der Waals surface area contributed by atoms with E-state index in [1.807, 2.05) is 6.07 Å². The van der Waals surface area contributed by atoms with Crippen LogP contribution in [0.5, 0.6) is 0 Å². The molecular weight excluding hydrogens is 206 g/mol. The average molecular weight is 223 g/mol. The van der Waals surface area contributed by atoms with Crippen LogP contribution in [0.3, 0.4) is 0 Å². The van der Waals surface area contributed by atoms with Crippen molar-refractivity contribution in [2.45, 2.75) is 12.0 Å². The van der Waals surface area contributed by atoms with Crippen molar-refractivity contribution >= 4 is 11.4 Å². The van der Waals surface area contributed by atoms with Gasteiger partial charge >= 0.3 is 0 Å². The number of hydrogen-bond donors (Lipinski definition) is 2. The van der Waals surface area contributed by atoms with Gasteiger partial charge in [-0.15, -0.1) is 0 Å². The quantitative estimate of drug-likeness (QED) is 0.793. The number of nitrogens with two attached hydrogens (primary N) is 1. The fraction of sp³-hybridized carbons (Fsp3) is 0.545. The van der Waals surface area contributed by atoms with Gasteiger partial charge in [0.25, 0.3) is 0 Å². The van der Waals surface area contributed by atoms with Crippen LogP contribution in [-0.4, -0.2) is 37.5 Å². The Hall–Kier alpha value is -1.33. The smallest absolute Gasteiger partial charge is 0.110 e. The van der Waals surface area contributed by atoms with Crippen LogP contribution in [0.2, 0.25) is 0 Å². The molecule has 1 unspecified atom stereocenters. The van der Waals surface area contributed by atoms with Crippen LogP contribution in [-0.2, 0) is 9.47 Å². The summed E-state index contributed by atoms with van der Waals surface area (Å²) >= 11 is 0. The summed E-state index contributed by atoms with van der Waals surface area (Å²) in [7, 11) is 1.71. The zero-order chi connectivity index (χ0) is 11.4. The normalized spacial score (nSPS) is 24.6. The standard InChI is InChI=1S/C11H17N3O2/c1-15-11(3-5-16-8-11)7-14-10-2-4-13-6-9(10)12/h2,4,6H,3,5,7-8,12H2,1H3,(H,13,14). The van der Waals surface area contributed by atoms with E-state index in [2.05, 4.69) is 10.3 Å². The number of pyridine rings is 1. The van der Waals surface area contributed by atoms with Gasteiger partial charge in [0.05, 0.1) is 24.2 Å². The molecule has 2 rings (SSSR count). The Kier molecular flexibility index (Phi) is 3.26. The number of rotatable bonds is 4. The maximum atomic E-state index is 5.79. The van der Waals surface area contributed by atoms with Crippen LogP contribution in [0.4, 0.5) is 11.4 Å². The van der Waals surface area contributed by atoms with E-state index in [1.54, 1.807) is 19.5 Å². The van der Waals surface area contributed by atoms with Gasteiger partial charge in [-0.1, -0.05) is 0 Å². The molecule has 1 aromatic rings. The number of methoxy groups -OCH3 is 1. The number of hydrogen-bond acceptors (Lipinski definition) is 5. The van der Waals surface area contributed by atoms with Crippen LogP contribution < -0.4 is 11.1 Å². The molecule has 3 N–H and O–H groups in total. The van der Waals surface area contributed by atoms with Crippen molar-refractivity contribution in [3.05, 3.63) is 18.5 Å². The lowest BCUT2D eigenvalue weighted by Gasteiger charge is -2.26. The molecule has 0 aliphatic carbocycles. The summed E-state index contributed by atoms with van der Waals surface area (Å²) in [5.74, 6) is 0. The van der Waals surface area contributed by atoms with Crippen molar-refractivity contribution in [2.75, 3.05) is 37.9 Å². The van der Waals surface area contributed by atoms with Gasteiger partial charge in [0, 0.05) is 32.9 Å². The lowest BCUT2D eigenvalue weighted by molar-refractivity contribution is -0.00618. The summed E-state index contributed by atoms with van der Waals surface area (Å²) in [5, 5.41) is 3.28. The maximum Gasteiger partial charge on any atom is 0.110 e. The second-order valence-electron chi connectivity index (χ2n) is 4.01. The average Bonchev–Trinajstić information content (AvgIpc) is 2.78. The van der Waals surface area contributed by atoms with Crippen molar-refractivity contribution in [1.29, 1.82) is 0 Å². The number of nitrogens with zero attached hydrogens (tertiary/aromatic N) is 1. The number of aromatic nitrogens is 1. The van der Waals surface area contributed by atoms with E-state index >= 15 is 0 Å². The van der Waals surface area contributed by atoms with Gasteiger partial charge in [0.2, 0.25) is 0 Å². The zero-order valence-electron chi connectivity index (χ0n) is 9.40.